The molecule has 92 valence electrons. The van der Waals surface area contributed by atoms with E-state index in [1.165, 1.54) is 19.3 Å². The summed E-state index contributed by atoms with van der Waals surface area (Å²) < 4.78 is 0. The van der Waals surface area contributed by atoms with Crippen molar-refractivity contribution in [2.45, 2.75) is 64.0 Å². The second kappa shape index (κ2) is 5.87. The molecule has 0 aromatic heterocycles. The summed E-state index contributed by atoms with van der Waals surface area (Å²) in [6, 6.07) is -0.638. The molecule has 1 atom stereocenters. The van der Waals surface area contributed by atoms with E-state index in [0.29, 0.717) is 0 Å². The summed E-state index contributed by atoms with van der Waals surface area (Å²) in [4.78, 5) is 22.1. The first-order valence-electron chi connectivity index (χ1n) is 6.16. The van der Waals surface area contributed by atoms with Gasteiger partial charge >= 0.3 is 6.03 Å². The number of hydrogen-bond donors (Lipinski definition) is 2. The molecule has 1 fully saturated rings. The van der Waals surface area contributed by atoms with Gasteiger partial charge in [-0.15, -0.1) is 0 Å². The van der Waals surface area contributed by atoms with E-state index >= 15 is 0 Å². The lowest BCUT2D eigenvalue weighted by atomic mass is 9.80. The Kier molecular flexibility index (Phi) is 4.77. The summed E-state index contributed by atoms with van der Waals surface area (Å²) in [7, 11) is 0. The third-order valence-corrected chi connectivity index (χ3v) is 3.43. The Labute approximate surface area is 97.2 Å². The highest BCUT2D eigenvalue weighted by Gasteiger charge is 2.31. The largest absolute Gasteiger partial charge is 0.333 e. The number of nitrogens with one attached hydrogen (secondary N) is 2. The highest BCUT2D eigenvalue weighted by atomic mass is 16.2. The first kappa shape index (κ1) is 13.0. The molecule has 1 rings (SSSR count). The molecule has 4 nitrogen and oxygen atoms in total. The highest BCUT2D eigenvalue weighted by molar-refractivity contribution is 5.78. The number of aldehydes is 1. The van der Waals surface area contributed by atoms with Gasteiger partial charge in [0.15, 0.2) is 0 Å². The van der Waals surface area contributed by atoms with E-state index in [9.17, 15) is 9.59 Å². The van der Waals surface area contributed by atoms with Crippen LogP contribution in [-0.4, -0.2) is 23.9 Å². The normalized spacial score (nSPS) is 20.9. The van der Waals surface area contributed by atoms with Gasteiger partial charge in [0, 0.05) is 5.54 Å². The number of amides is 2. The van der Waals surface area contributed by atoms with E-state index in [1.807, 2.05) is 0 Å². The first-order valence-corrected chi connectivity index (χ1v) is 6.16. The van der Waals surface area contributed by atoms with Crippen LogP contribution in [0.15, 0.2) is 0 Å². The molecule has 1 saturated carbocycles. The molecule has 0 radical (unpaired) electrons. The lowest BCUT2D eigenvalue weighted by Crippen LogP contribution is -2.54. The van der Waals surface area contributed by atoms with E-state index in [-0.39, 0.29) is 11.6 Å². The Morgan fingerprint density at radius 1 is 1.38 bits per heavy atom. The van der Waals surface area contributed by atoms with Crippen LogP contribution in [0.2, 0.25) is 0 Å². The zero-order valence-corrected chi connectivity index (χ0v) is 10.2. The van der Waals surface area contributed by atoms with E-state index < -0.39 is 6.04 Å². The SMILES string of the molecule is CCC1(NC(=O)NC(C)C=O)CCCCC1. The minimum Gasteiger partial charge on any atom is -0.333 e. The Bertz CT molecular complexity index is 247. The summed E-state index contributed by atoms with van der Waals surface area (Å²) >= 11 is 0. The molecular formula is C12H22N2O2. The van der Waals surface area contributed by atoms with Crippen molar-refractivity contribution >= 4 is 12.3 Å². The van der Waals surface area contributed by atoms with Crippen molar-refractivity contribution in [1.82, 2.24) is 10.6 Å². The van der Waals surface area contributed by atoms with Crippen molar-refractivity contribution in [3.8, 4) is 0 Å². The van der Waals surface area contributed by atoms with Gasteiger partial charge in [-0.3, -0.25) is 0 Å². The van der Waals surface area contributed by atoms with Crippen molar-refractivity contribution in [3.05, 3.63) is 0 Å². The Morgan fingerprint density at radius 2 is 2.00 bits per heavy atom. The van der Waals surface area contributed by atoms with Crippen molar-refractivity contribution in [3.63, 3.8) is 0 Å². The molecule has 1 aliphatic carbocycles. The topological polar surface area (TPSA) is 58.2 Å². The van der Waals surface area contributed by atoms with Crippen LogP contribution in [0.3, 0.4) is 0 Å². The molecule has 0 aromatic carbocycles. The maximum Gasteiger partial charge on any atom is 0.315 e. The zero-order chi connectivity index (χ0) is 12.0. The van der Waals surface area contributed by atoms with Gasteiger partial charge in [0.05, 0.1) is 6.04 Å². The minimum atomic E-state index is -0.419. The average Bonchev–Trinajstić information content (AvgIpc) is 2.29. The van der Waals surface area contributed by atoms with Crippen LogP contribution < -0.4 is 10.6 Å². The quantitative estimate of drug-likeness (QED) is 0.720. The standard InChI is InChI=1S/C12H22N2O2/c1-3-12(7-5-4-6-8-12)14-11(16)13-10(2)9-15/h9-10H,3-8H2,1-2H3,(H2,13,14,16). The maximum atomic E-state index is 11.7. The van der Waals surface area contributed by atoms with E-state index in [1.54, 1.807) is 6.92 Å². The van der Waals surface area contributed by atoms with Crippen molar-refractivity contribution in [2.75, 3.05) is 0 Å². The Balaban J connectivity index is 2.48. The van der Waals surface area contributed by atoms with Gasteiger partial charge in [-0.05, 0) is 26.2 Å². The van der Waals surface area contributed by atoms with Gasteiger partial charge in [0.2, 0.25) is 0 Å². The maximum absolute atomic E-state index is 11.7. The van der Waals surface area contributed by atoms with E-state index in [0.717, 1.165) is 25.5 Å². The van der Waals surface area contributed by atoms with Gasteiger partial charge in [0.1, 0.15) is 6.29 Å². The average molecular weight is 226 g/mol. The fourth-order valence-corrected chi connectivity index (χ4v) is 2.31. The molecule has 16 heavy (non-hydrogen) atoms. The molecule has 0 bridgehead atoms. The number of urea groups is 1. The minimum absolute atomic E-state index is 0.0507. The predicted octanol–water partition coefficient (Wildman–Crippen LogP) is 1.99. The van der Waals surface area contributed by atoms with Crippen LogP contribution in [0.5, 0.6) is 0 Å². The third kappa shape index (κ3) is 3.51. The molecule has 1 aliphatic rings. The van der Waals surface area contributed by atoms with E-state index in [2.05, 4.69) is 17.6 Å². The molecule has 0 aromatic rings. The van der Waals surface area contributed by atoms with Crippen LogP contribution >= 0.6 is 0 Å². The van der Waals surface area contributed by atoms with Crippen LogP contribution in [0.1, 0.15) is 52.4 Å². The summed E-state index contributed by atoms with van der Waals surface area (Å²) in [5.74, 6) is 0. The lowest BCUT2D eigenvalue weighted by Gasteiger charge is -2.37. The van der Waals surface area contributed by atoms with Crippen LogP contribution in [0.25, 0.3) is 0 Å². The zero-order valence-electron chi connectivity index (χ0n) is 10.2. The van der Waals surface area contributed by atoms with Crippen molar-refractivity contribution in [2.24, 2.45) is 0 Å². The van der Waals surface area contributed by atoms with Gasteiger partial charge in [-0.1, -0.05) is 26.2 Å². The number of carbonyl (C=O) groups is 2. The van der Waals surface area contributed by atoms with Gasteiger partial charge in [-0.25, -0.2) is 4.79 Å². The highest BCUT2D eigenvalue weighted by Crippen LogP contribution is 2.30. The molecule has 2 N–H and O–H groups in total. The van der Waals surface area contributed by atoms with Crippen LogP contribution in [0.4, 0.5) is 4.79 Å². The molecule has 2 amide bonds. The molecular weight excluding hydrogens is 204 g/mol. The van der Waals surface area contributed by atoms with Gasteiger partial charge in [0.25, 0.3) is 0 Å². The fraction of sp³-hybridized carbons (Fsp3) is 0.833. The molecule has 0 aliphatic heterocycles. The molecule has 1 unspecified atom stereocenters. The first-order chi connectivity index (χ1) is 7.62. The summed E-state index contributed by atoms with van der Waals surface area (Å²) in [6.07, 6.45) is 7.40. The third-order valence-electron chi connectivity index (χ3n) is 3.43. The monoisotopic (exact) mass is 226 g/mol. The smallest absolute Gasteiger partial charge is 0.315 e. The molecule has 0 heterocycles. The van der Waals surface area contributed by atoms with E-state index in [4.69, 9.17) is 0 Å². The Hall–Kier alpha value is -1.06. The summed E-state index contributed by atoms with van der Waals surface area (Å²) in [5, 5.41) is 5.66. The van der Waals surface area contributed by atoms with Gasteiger partial charge in [-0.2, -0.15) is 0 Å². The summed E-state index contributed by atoms with van der Waals surface area (Å²) in [5.41, 5.74) is -0.0507. The molecule has 0 spiro atoms. The second-order valence-corrected chi connectivity index (χ2v) is 4.72. The van der Waals surface area contributed by atoms with Crippen LogP contribution in [-0.2, 0) is 4.79 Å². The van der Waals surface area contributed by atoms with Gasteiger partial charge < -0.3 is 15.4 Å². The van der Waals surface area contributed by atoms with Crippen molar-refractivity contribution < 1.29 is 9.59 Å². The van der Waals surface area contributed by atoms with Crippen LogP contribution in [0, 0.1) is 0 Å². The summed E-state index contributed by atoms with van der Waals surface area (Å²) in [6.45, 7) is 3.78. The lowest BCUT2D eigenvalue weighted by molar-refractivity contribution is -0.109. The fourth-order valence-electron chi connectivity index (χ4n) is 2.31. The Morgan fingerprint density at radius 3 is 2.50 bits per heavy atom. The predicted molar refractivity (Wildman–Crippen MR) is 63.3 cm³/mol. The number of rotatable bonds is 4. The van der Waals surface area contributed by atoms with Crippen molar-refractivity contribution in [1.29, 1.82) is 0 Å². The molecule has 4 heteroatoms. The second-order valence-electron chi connectivity index (χ2n) is 4.72. The number of carbonyl (C=O) groups excluding carboxylic acids is 2. The molecule has 0 saturated heterocycles. The number of hydrogen-bond acceptors (Lipinski definition) is 2.